The Hall–Kier alpha value is -11.1. The quantitative estimate of drug-likeness (QED) is 0.0710. The van der Waals surface area contributed by atoms with Gasteiger partial charge in [-0.15, -0.1) is 0 Å². The lowest BCUT2D eigenvalue weighted by atomic mass is 9.86. The van der Waals surface area contributed by atoms with Crippen LogP contribution >= 0.6 is 0 Å². The molecule has 4 aromatic carbocycles. The Morgan fingerprint density at radius 2 is 0.787 bits per heavy atom. The molecule has 1 saturated heterocycles. The smallest absolute Gasteiger partial charge is 0.345 e. The number of benzene rings is 4. The number of likely N-dealkylation sites (N-methyl/N-ethyl adjacent to an activating group) is 6. The van der Waals surface area contributed by atoms with Crippen molar-refractivity contribution in [2.24, 2.45) is 16.2 Å². The van der Waals surface area contributed by atoms with E-state index in [1.807, 2.05) is 90.4 Å². The van der Waals surface area contributed by atoms with E-state index in [-0.39, 0.29) is 23.9 Å². The molecule has 1 fully saturated rings. The van der Waals surface area contributed by atoms with Gasteiger partial charge in [-0.2, -0.15) is 44.1 Å². The number of carbonyl (C=O) groups excluding carboxylic acids is 6. The Kier molecular flexibility index (Phi) is 28.3. The van der Waals surface area contributed by atoms with Crippen LogP contribution in [0.4, 0.5) is 54.3 Å². The van der Waals surface area contributed by atoms with Gasteiger partial charge in [0.2, 0.25) is 17.7 Å². The van der Waals surface area contributed by atoms with E-state index in [4.69, 9.17) is 4.52 Å². The molecule has 5 N–H and O–H groups in total. The number of hydrogen-bond acceptors (Lipinski definition) is 18. The highest BCUT2D eigenvalue weighted by Crippen LogP contribution is 2.38. The molecule has 5 aromatic heterocycles. The van der Waals surface area contributed by atoms with Crippen molar-refractivity contribution in [3.8, 4) is 45.0 Å². The number of carbonyl (C=O) groups is 6. The molecule has 0 bridgehead atoms. The summed E-state index contributed by atoms with van der Waals surface area (Å²) in [5.74, 6) is -7.35. The lowest BCUT2D eigenvalue weighted by Gasteiger charge is -2.32. The zero-order valence-corrected chi connectivity index (χ0v) is 72.3. The van der Waals surface area contributed by atoms with Crippen molar-refractivity contribution in [1.82, 2.24) is 105 Å². The van der Waals surface area contributed by atoms with E-state index in [0.717, 1.165) is 128 Å². The van der Waals surface area contributed by atoms with Gasteiger partial charge in [-0.05, 0) is 138 Å². The van der Waals surface area contributed by atoms with Crippen LogP contribution in [0.3, 0.4) is 0 Å². The van der Waals surface area contributed by atoms with Gasteiger partial charge in [0.15, 0.2) is 52.4 Å². The molecule has 0 spiro atoms. The summed E-state index contributed by atoms with van der Waals surface area (Å²) in [5, 5.41) is 35.6. The first-order valence-electron chi connectivity index (χ1n) is 40.7. The van der Waals surface area contributed by atoms with Gasteiger partial charge in [0.25, 0.3) is 0 Å². The number of hydrogen-bond donors (Lipinski definition) is 5. The number of amides is 6. The number of nitrogens with zero attached hydrogens (tertiary/aromatic N) is 16. The summed E-state index contributed by atoms with van der Waals surface area (Å²) in [4.78, 5) is 94.5. The minimum Gasteiger partial charge on any atom is -0.357 e. The predicted octanol–water partition coefficient (Wildman–Crippen LogP) is 12.1. The van der Waals surface area contributed by atoms with Crippen molar-refractivity contribution < 1.29 is 68.4 Å². The second-order valence-corrected chi connectivity index (χ2v) is 34.9. The summed E-state index contributed by atoms with van der Waals surface area (Å²) in [7, 11) is 9.03. The SMILES string of the molecule is CCN1CCc2c(c(-c3ccc(F)c(F)c3)nn2C(=O)N[C@H](C(=O)NC)C(C)(C)C)C1.CN1CCN(C(=O)n2nc(-c3ccc(F)c(F)c3)c3c2CCN(C)C3)CC1.CNC(=O)[C@@H](NC(=O)n1nc(-c2ccc(F)c(F)c2)c2c1CCN(C(C)C)C2)C(C)(C)C.Cc1noc([C@@H](NC(=O)n2nc(-c3ccc(F)c(F)c3)c3c2CCN(C)C3)C(C)(C)C)n1. The van der Waals surface area contributed by atoms with Crippen LogP contribution in [0.25, 0.3) is 45.0 Å². The summed E-state index contributed by atoms with van der Waals surface area (Å²) >= 11 is 0. The van der Waals surface area contributed by atoms with Gasteiger partial charge in [0.1, 0.15) is 18.1 Å². The minimum atomic E-state index is -0.973. The average Bonchev–Trinajstić information content (AvgIpc) is 1.63. The first-order chi connectivity index (χ1) is 57.5. The predicted molar refractivity (Wildman–Crippen MR) is 442 cm³/mol. The summed E-state index contributed by atoms with van der Waals surface area (Å²) < 4.78 is 120. The van der Waals surface area contributed by atoms with Crippen LogP contribution in [0.15, 0.2) is 77.3 Å². The monoisotopic (exact) mass is 1700 g/mol. The minimum absolute atomic E-state index is 0.141. The standard InChI is InChI=1S/C23H31F2N5O2.C22H26F2N6O2.C22H29F2N5O2.C19H23F2N5O/c1-13(2)29-10-9-18-15(12-29)19(14-7-8-16(24)17(25)11-14)28-30(18)22(32)27-20(21(31)26-6)23(3,4)5;1-12-25-20(32-28-12)19(22(2,3)4)26-21(31)30-17-8-9-29(5)11-14(17)18(27-30)13-6-7-15(23)16(24)10-13;1-6-28-10-9-17-14(12-28)18(13-7-8-15(23)16(24)11-13)27-29(17)21(31)26-19(20(30)25-5)22(2,3)4;1-23-7-9-25(10-8-23)19(27)26-17-5-6-24(2)12-14(17)18(22-26)13-3-4-15(20)16(21)11-13/h7-8,11,13,20H,9-10,12H2,1-6H3,(H,26,31)(H,27,32);6-7,10,19H,8-9,11H2,1-5H3,(H,26,31);7-8,11,19H,6,9-10,12H2,1-5H3,(H,25,30)(H,26,31);3-4,11H,5-10,12H2,1-2H3/t20-;2*19-;/m111./s1. The van der Waals surface area contributed by atoms with Gasteiger partial charge in [-0.1, -0.05) is 74.4 Å². The molecule has 6 amide bonds. The average molecular weight is 1700 g/mol. The number of halogens is 8. The maximum atomic E-state index is 14.0. The maximum Gasteiger partial charge on any atom is 0.345 e. The van der Waals surface area contributed by atoms with E-state index < -0.39 is 99.0 Å². The van der Waals surface area contributed by atoms with Crippen molar-refractivity contribution in [3.63, 3.8) is 0 Å². The van der Waals surface area contributed by atoms with Crippen LogP contribution < -0.4 is 26.6 Å². The van der Waals surface area contributed by atoms with E-state index in [0.29, 0.717) is 133 Å². The lowest BCUT2D eigenvalue weighted by molar-refractivity contribution is -0.125. The van der Waals surface area contributed by atoms with Gasteiger partial charge < -0.3 is 50.7 Å². The highest BCUT2D eigenvalue weighted by molar-refractivity contribution is 5.90. The molecule has 0 aliphatic carbocycles. The lowest BCUT2D eigenvalue weighted by Crippen LogP contribution is -2.54. The second-order valence-electron chi connectivity index (χ2n) is 34.9. The van der Waals surface area contributed by atoms with Crippen molar-refractivity contribution >= 4 is 35.9 Å². The van der Waals surface area contributed by atoms with E-state index >= 15 is 0 Å². The molecule has 3 atom stereocenters. The molecule has 14 rings (SSSR count). The zero-order chi connectivity index (χ0) is 89.0. The Morgan fingerprint density at radius 3 is 1.13 bits per heavy atom. The number of piperazine rings is 1. The second kappa shape index (κ2) is 37.7. The number of fused-ring (bicyclic) bond motifs is 4. The third kappa shape index (κ3) is 20.6. The molecule has 9 aromatic rings. The van der Waals surface area contributed by atoms with Gasteiger partial charge >= 0.3 is 24.1 Å². The maximum absolute atomic E-state index is 14.0. The Morgan fingerprint density at radius 1 is 0.434 bits per heavy atom. The van der Waals surface area contributed by atoms with E-state index in [2.05, 4.69) is 95.5 Å². The normalized spacial score (nSPS) is 16.1. The fourth-order valence-corrected chi connectivity index (χ4v) is 15.3. The number of aromatic nitrogens is 10. The van der Waals surface area contributed by atoms with Gasteiger partial charge in [0.05, 0.1) is 45.6 Å². The van der Waals surface area contributed by atoms with Crippen molar-refractivity contribution in [1.29, 1.82) is 0 Å². The van der Waals surface area contributed by atoms with E-state index in [1.54, 1.807) is 11.8 Å². The molecule has 36 heteroatoms. The van der Waals surface area contributed by atoms with Crippen LogP contribution in [0.5, 0.6) is 0 Å². The van der Waals surface area contributed by atoms with Gasteiger partial charge in [0, 0.05) is 169 Å². The van der Waals surface area contributed by atoms with Crippen LogP contribution in [0, 0.1) is 69.7 Å². The molecule has 10 heterocycles. The van der Waals surface area contributed by atoms with Crippen molar-refractivity contribution in [2.45, 2.75) is 166 Å². The number of rotatable bonds is 12. The van der Waals surface area contributed by atoms with Crippen molar-refractivity contribution in [3.05, 3.63) is 176 Å². The topological polar surface area (TPSA) is 292 Å². The highest BCUT2D eigenvalue weighted by atomic mass is 19.2. The zero-order valence-electron chi connectivity index (χ0n) is 72.3. The molecule has 0 unspecified atom stereocenters. The Bertz CT molecular complexity index is 5360. The summed E-state index contributed by atoms with van der Waals surface area (Å²) in [5.41, 5.74) is 8.53. The first kappa shape index (κ1) is 91.7. The molecular weight excluding hydrogens is 1590 g/mol. The molecule has 5 aliphatic rings. The van der Waals surface area contributed by atoms with Crippen LogP contribution in [-0.2, 0) is 61.5 Å². The third-order valence-electron chi connectivity index (χ3n) is 22.4. The summed E-state index contributed by atoms with van der Waals surface area (Å²) in [6, 6.07) is 11.1. The fraction of sp³-hybridized carbons (Fsp3) is 0.488. The molecule has 28 nitrogen and oxygen atoms in total. The summed E-state index contributed by atoms with van der Waals surface area (Å²) in [6.07, 6.45) is 2.43. The van der Waals surface area contributed by atoms with Crippen molar-refractivity contribution in [2.75, 3.05) is 94.1 Å². The molecule has 5 aliphatic heterocycles. The summed E-state index contributed by atoms with van der Waals surface area (Å²) in [6.45, 7) is 34.0. The van der Waals surface area contributed by atoms with Crippen LogP contribution in [0.2, 0.25) is 0 Å². The molecule has 0 radical (unpaired) electrons. The molecule has 656 valence electrons. The highest BCUT2D eigenvalue weighted by Gasteiger charge is 2.40. The van der Waals surface area contributed by atoms with Gasteiger partial charge in [-0.3, -0.25) is 19.4 Å². The molecular formula is C86H109F8N21O7. The molecule has 122 heavy (non-hydrogen) atoms. The number of aryl methyl sites for hydroxylation is 1. The van der Waals surface area contributed by atoms with Gasteiger partial charge in [-0.25, -0.2) is 54.3 Å². The van der Waals surface area contributed by atoms with E-state index in [1.165, 1.54) is 57.1 Å². The fourth-order valence-electron chi connectivity index (χ4n) is 15.3. The third-order valence-corrected chi connectivity index (χ3v) is 22.4. The Labute approximate surface area is 704 Å². The molecule has 0 saturated carbocycles. The van der Waals surface area contributed by atoms with E-state index in [9.17, 15) is 63.9 Å². The van der Waals surface area contributed by atoms with Crippen LogP contribution in [-0.4, -0.2) is 227 Å². The Balaban J connectivity index is 0.000000159. The largest absolute Gasteiger partial charge is 0.357 e. The number of nitrogens with one attached hydrogen (secondary N) is 5. The first-order valence-corrected chi connectivity index (χ1v) is 40.7. The van der Waals surface area contributed by atoms with Crippen LogP contribution in [0.1, 0.15) is 146 Å².